The van der Waals surface area contributed by atoms with Gasteiger partial charge in [-0.2, -0.15) is 5.10 Å². The quantitative estimate of drug-likeness (QED) is 0.303. The van der Waals surface area contributed by atoms with Crippen LogP contribution in [0.15, 0.2) is 60.7 Å². The van der Waals surface area contributed by atoms with Gasteiger partial charge in [-0.3, -0.25) is 10.00 Å². The molecule has 1 aromatic heterocycles. The molecule has 0 atom stereocenters. The fraction of sp³-hybridized carbons (Fsp3) is 0.300. The van der Waals surface area contributed by atoms with Crippen LogP contribution < -0.4 is 9.47 Å². The minimum atomic E-state index is 0.272. The molecule has 6 nitrogen and oxygen atoms in total. The molecule has 2 heterocycles. The van der Waals surface area contributed by atoms with Crippen molar-refractivity contribution in [1.29, 1.82) is 0 Å². The second-order valence-corrected chi connectivity index (χ2v) is 9.64. The zero-order valence-corrected chi connectivity index (χ0v) is 20.6. The number of aromatic amines is 1. The van der Waals surface area contributed by atoms with Crippen LogP contribution in [-0.4, -0.2) is 53.6 Å². The van der Waals surface area contributed by atoms with Gasteiger partial charge < -0.3 is 14.6 Å². The van der Waals surface area contributed by atoms with Crippen LogP contribution in [0, 0.1) is 0 Å². The molecule has 0 unspecified atom stereocenters. The fourth-order valence-electron chi connectivity index (χ4n) is 5.38. The van der Waals surface area contributed by atoms with E-state index in [0.717, 1.165) is 58.1 Å². The maximum Gasteiger partial charge on any atom is 0.161 e. The third-order valence-corrected chi connectivity index (χ3v) is 7.37. The number of likely N-dealkylation sites (tertiary alicyclic amines) is 1. The first-order chi connectivity index (χ1) is 17.7. The van der Waals surface area contributed by atoms with Crippen molar-refractivity contribution in [3.8, 4) is 50.9 Å². The maximum atomic E-state index is 9.55. The van der Waals surface area contributed by atoms with Crippen LogP contribution in [0.1, 0.15) is 30.4 Å². The molecule has 0 amide bonds. The number of methoxy groups -OCH3 is 1. The third kappa shape index (κ3) is 4.33. The SMILES string of the molecule is COc1cc2c(cc1OCCN1CCCCC1)-c1[nH]nc(-c3ccc(-c4ccc(O)cc4)cc3)c1C2. The van der Waals surface area contributed by atoms with Crippen molar-refractivity contribution in [3.05, 3.63) is 71.8 Å². The average Bonchev–Trinajstić information content (AvgIpc) is 3.48. The first-order valence-electron chi connectivity index (χ1n) is 12.7. The topological polar surface area (TPSA) is 70.6 Å². The number of hydrogen-bond acceptors (Lipinski definition) is 5. The molecular weight excluding hydrogens is 450 g/mol. The Kier molecular flexibility index (Phi) is 6.11. The van der Waals surface area contributed by atoms with E-state index in [0.29, 0.717) is 6.61 Å². The predicted molar refractivity (Wildman–Crippen MR) is 142 cm³/mol. The monoisotopic (exact) mass is 481 g/mol. The maximum absolute atomic E-state index is 9.55. The van der Waals surface area contributed by atoms with Gasteiger partial charge in [0.25, 0.3) is 0 Å². The van der Waals surface area contributed by atoms with Gasteiger partial charge in [-0.05, 0) is 66.9 Å². The molecule has 1 aliphatic carbocycles. The standard InChI is InChI=1S/C30H31N3O3/c1-35-27-18-23-17-26-29(22-7-5-20(6-8-22)21-9-11-24(34)12-10-21)31-32-30(26)25(23)19-28(27)36-16-15-33-13-3-2-4-14-33/h5-12,18-19,34H,2-4,13-17H2,1H3,(H,31,32). The van der Waals surface area contributed by atoms with Crippen LogP contribution in [0.3, 0.4) is 0 Å². The van der Waals surface area contributed by atoms with Crippen LogP contribution in [0.25, 0.3) is 33.6 Å². The summed E-state index contributed by atoms with van der Waals surface area (Å²) in [5, 5.41) is 17.5. The first kappa shape index (κ1) is 22.7. The lowest BCUT2D eigenvalue weighted by molar-refractivity contribution is 0.180. The van der Waals surface area contributed by atoms with Crippen LogP contribution in [0.5, 0.6) is 17.2 Å². The van der Waals surface area contributed by atoms with E-state index in [9.17, 15) is 5.11 Å². The van der Waals surface area contributed by atoms with Crippen LogP contribution >= 0.6 is 0 Å². The van der Waals surface area contributed by atoms with Crippen molar-refractivity contribution in [2.75, 3.05) is 33.4 Å². The summed E-state index contributed by atoms with van der Waals surface area (Å²) in [6.45, 7) is 3.94. The molecule has 1 saturated heterocycles. The van der Waals surface area contributed by atoms with E-state index in [1.165, 1.54) is 43.5 Å². The summed E-state index contributed by atoms with van der Waals surface area (Å²) in [5.41, 5.74) is 8.85. The zero-order chi connectivity index (χ0) is 24.5. The minimum Gasteiger partial charge on any atom is -0.508 e. The van der Waals surface area contributed by atoms with Gasteiger partial charge in [0.05, 0.1) is 18.5 Å². The molecule has 184 valence electrons. The minimum absolute atomic E-state index is 0.272. The third-order valence-electron chi connectivity index (χ3n) is 7.37. The molecule has 1 aliphatic heterocycles. The second-order valence-electron chi connectivity index (χ2n) is 9.64. The number of benzene rings is 3. The summed E-state index contributed by atoms with van der Waals surface area (Å²) in [6.07, 6.45) is 4.72. The van der Waals surface area contributed by atoms with Gasteiger partial charge in [-0.15, -0.1) is 0 Å². The largest absolute Gasteiger partial charge is 0.508 e. The normalized spacial score (nSPS) is 14.9. The molecule has 3 aromatic carbocycles. The Labute approximate surface area is 211 Å². The average molecular weight is 482 g/mol. The number of H-pyrrole nitrogens is 1. The lowest BCUT2D eigenvalue weighted by atomic mass is 10.0. The highest BCUT2D eigenvalue weighted by Gasteiger charge is 2.27. The smallest absolute Gasteiger partial charge is 0.161 e. The molecule has 2 aliphatic rings. The summed E-state index contributed by atoms with van der Waals surface area (Å²) in [4.78, 5) is 2.48. The fourth-order valence-corrected chi connectivity index (χ4v) is 5.38. The number of piperidine rings is 1. The molecule has 6 rings (SSSR count). The second kappa shape index (κ2) is 9.70. The van der Waals surface area contributed by atoms with E-state index in [1.807, 2.05) is 12.1 Å². The summed E-state index contributed by atoms with van der Waals surface area (Å²) in [6, 6.07) is 19.9. The van der Waals surface area contributed by atoms with Crippen molar-refractivity contribution in [3.63, 3.8) is 0 Å². The molecule has 0 radical (unpaired) electrons. The van der Waals surface area contributed by atoms with Crippen LogP contribution in [-0.2, 0) is 6.42 Å². The van der Waals surface area contributed by atoms with Crippen molar-refractivity contribution in [1.82, 2.24) is 15.1 Å². The number of aromatic nitrogens is 2. The Balaban J connectivity index is 1.22. The molecule has 0 saturated carbocycles. The Bertz CT molecular complexity index is 1350. The highest BCUT2D eigenvalue weighted by Crippen LogP contribution is 2.45. The van der Waals surface area contributed by atoms with Crippen molar-refractivity contribution < 1.29 is 14.6 Å². The Morgan fingerprint density at radius 1 is 0.889 bits per heavy atom. The van der Waals surface area contributed by atoms with E-state index in [4.69, 9.17) is 9.47 Å². The number of phenols is 1. The van der Waals surface area contributed by atoms with E-state index in [-0.39, 0.29) is 5.75 Å². The highest BCUT2D eigenvalue weighted by atomic mass is 16.5. The molecular formula is C30H31N3O3. The first-order valence-corrected chi connectivity index (χ1v) is 12.7. The molecule has 1 fully saturated rings. The molecule has 2 N–H and O–H groups in total. The molecule has 6 heteroatoms. The molecule has 36 heavy (non-hydrogen) atoms. The molecule has 0 spiro atoms. The Morgan fingerprint density at radius 2 is 1.58 bits per heavy atom. The highest BCUT2D eigenvalue weighted by molar-refractivity contribution is 5.83. The van der Waals surface area contributed by atoms with Gasteiger partial charge in [0, 0.05) is 29.7 Å². The number of ether oxygens (including phenoxy) is 2. The van der Waals surface area contributed by atoms with Crippen molar-refractivity contribution >= 4 is 0 Å². The number of hydrogen-bond donors (Lipinski definition) is 2. The van der Waals surface area contributed by atoms with Gasteiger partial charge in [-0.1, -0.05) is 42.8 Å². The summed E-state index contributed by atoms with van der Waals surface area (Å²) >= 11 is 0. The van der Waals surface area contributed by atoms with Crippen LogP contribution in [0.2, 0.25) is 0 Å². The number of phenolic OH excluding ortho intramolecular Hbond substituents is 1. The number of fused-ring (bicyclic) bond motifs is 3. The van der Waals surface area contributed by atoms with E-state index in [1.54, 1.807) is 19.2 Å². The van der Waals surface area contributed by atoms with E-state index in [2.05, 4.69) is 51.5 Å². The number of aromatic hydroxyl groups is 1. The summed E-state index contributed by atoms with van der Waals surface area (Å²) in [5.74, 6) is 1.84. The zero-order valence-electron chi connectivity index (χ0n) is 20.6. The Hall–Kier alpha value is -3.77. The lowest BCUT2D eigenvalue weighted by Crippen LogP contribution is -2.33. The Morgan fingerprint density at radius 3 is 2.31 bits per heavy atom. The van der Waals surface area contributed by atoms with Gasteiger partial charge in [0.2, 0.25) is 0 Å². The number of rotatable bonds is 7. The number of nitrogens with zero attached hydrogens (tertiary/aromatic N) is 2. The predicted octanol–water partition coefficient (Wildman–Crippen LogP) is 5.89. The molecule has 4 aromatic rings. The van der Waals surface area contributed by atoms with Gasteiger partial charge >= 0.3 is 0 Å². The van der Waals surface area contributed by atoms with E-state index >= 15 is 0 Å². The van der Waals surface area contributed by atoms with Crippen molar-refractivity contribution in [2.24, 2.45) is 0 Å². The van der Waals surface area contributed by atoms with Gasteiger partial charge in [0.1, 0.15) is 12.4 Å². The van der Waals surface area contributed by atoms with Gasteiger partial charge in [0.15, 0.2) is 11.5 Å². The summed E-state index contributed by atoms with van der Waals surface area (Å²) in [7, 11) is 1.70. The van der Waals surface area contributed by atoms with Gasteiger partial charge in [-0.25, -0.2) is 0 Å². The van der Waals surface area contributed by atoms with Crippen LogP contribution in [0.4, 0.5) is 0 Å². The molecule has 0 bridgehead atoms. The van der Waals surface area contributed by atoms with Crippen molar-refractivity contribution in [2.45, 2.75) is 25.7 Å². The number of nitrogens with one attached hydrogen (secondary N) is 1. The lowest BCUT2D eigenvalue weighted by Gasteiger charge is -2.26. The van der Waals surface area contributed by atoms with E-state index < -0.39 is 0 Å². The summed E-state index contributed by atoms with van der Waals surface area (Å²) < 4.78 is 11.9.